The van der Waals surface area contributed by atoms with Crippen LogP contribution in [-0.2, 0) is 13.0 Å². The minimum atomic E-state index is -0.0737. The zero-order valence-electron chi connectivity index (χ0n) is 13.3. The lowest BCUT2D eigenvalue weighted by Gasteiger charge is -2.29. The van der Waals surface area contributed by atoms with Gasteiger partial charge in [0.2, 0.25) is 0 Å². The molecule has 20 heavy (non-hydrogen) atoms. The van der Waals surface area contributed by atoms with Crippen molar-refractivity contribution in [1.82, 2.24) is 9.78 Å². The Morgan fingerprint density at radius 2 is 1.95 bits per heavy atom. The van der Waals surface area contributed by atoms with Gasteiger partial charge in [-0.1, -0.05) is 20.3 Å². The maximum Gasteiger partial charge on any atom is 0.0738 e. The topological polar surface area (TPSA) is 43.8 Å². The number of hydrogen-bond donors (Lipinski definition) is 1. The minimum Gasteiger partial charge on any atom is -0.325 e. The lowest BCUT2D eigenvalue weighted by atomic mass is 9.82. The van der Waals surface area contributed by atoms with E-state index in [1.165, 1.54) is 25.0 Å². The van der Waals surface area contributed by atoms with E-state index in [1.54, 1.807) is 0 Å². The Hall–Kier alpha value is -0.350. The Balaban J connectivity index is 2.20. The van der Waals surface area contributed by atoms with Crippen molar-refractivity contribution in [3.63, 3.8) is 0 Å². The quantitative estimate of drug-likeness (QED) is 0.837. The molecule has 1 unspecified atom stereocenters. The fraction of sp³-hybridized carbons (Fsp3) is 0.812. The van der Waals surface area contributed by atoms with Crippen molar-refractivity contribution in [2.75, 3.05) is 0 Å². The summed E-state index contributed by atoms with van der Waals surface area (Å²) in [5.41, 5.74) is 9.46. The van der Waals surface area contributed by atoms with Gasteiger partial charge in [-0.05, 0) is 60.9 Å². The van der Waals surface area contributed by atoms with Crippen LogP contribution in [0.25, 0.3) is 0 Å². The molecular weight excluding hydrogens is 314 g/mol. The maximum atomic E-state index is 6.75. The third-order valence-corrected chi connectivity index (χ3v) is 5.83. The summed E-state index contributed by atoms with van der Waals surface area (Å²) in [6.45, 7) is 9.84. The Labute approximate surface area is 131 Å². The number of nitrogens with two attached hydrogens (primary N) is 1. The van der Waals surface area contributed by atoms with Gasteiger partial charge in [0, 0.05) is 18.5 Å². The molecule has 1 saturated carbocycles. The van der Waals surface area contributed by atoms with Crippen LogP contribution in [0, 0.1) is 12.3 Å². The Morgan fingerprint density at radius 3 is 2.60 bits per heavy atom. The summed E-state index contributed by atoms with van der Waals surface area (Å²) in [7, 11) is 0. The SMILES string of the molecule is CCn1nc(C)c(Br)c1CC1(N)CCCC(C)(C)CC1. The molecule has 2 rings (SSSR count). The fourth-order valence-corrected chi connectivity index (χ4v) is 3.73. The van der Waals surface area contributed by atoms with Gasteiger partial charge in [0.15, 0.2) is 0 Å². The average molecular weight is 342 g/mol. The van der Waals surface area contributed by atoms with Crippen molar-refractivity contribution in [1.29, 1.82) is 0 Å². The van der Waals surface area contributed by atoms with Crippen molar-refractivity contribution in [3.05, 3.63) is 15.9 Å². The van der Waals surface area contributed by atoms with Crippen LogP contribution in [0.4, 0.5) is 0 Å². The summed E-state index contributed by atoms with van der Waals surface area (Å²) in [4.78, 5) is 0. The van der Waals surface area contributed by atoms with Gasteiger partial charge in [-0.3, -0.25) is 4.68 Å². The molecule has 0 radical (unpaired) electrons. The van der Waals surface area contributed by atoms with Crippen LogP contribution in [0.1, 0.15) is 64.3 Å². The highest BCUT2D eigenvalue weighted by Gasteiger charge is 2.34. The predicted molar refractivity (Wildman–Crippen MR) is 87.8 cm³/mol. The normalized spacial score (nSPS) is 26.5. The summed E-state index contributed by atoms with van der Waals surface area (Å²) in [6, 6.07) is 0. The Bertz CT molecular complexity index is 478. The molecule has 2 N–H and O–H groups in total. The smallest absolute Gasteiger partial charge is 0.0738 e. The van der Waals surface area contributed by atoms with Crippen molar-refractivity contribution in [2.45, 2.75) is 78.3 Å². The third kappa shape index (κ3) is 3.45. The molecule has 1 aromatic rings. The molecular formula is C16H28BrN3. The van der Waals surface area contributed by atoms with Crippen LogP contribution in [0.5, 0.6) is 0 Å². The second kappa shape index (κ2) is 5.80. The highest BCUT2D eigenvalue weighted by atomic mass is 79.9. The van der Waals surface area contributed by atoms with Crippen molar-refractivity contribution in [2.24, 2.45) is 11.1 Å². The number of halogens is 1. The first-order valence-electron chi connectivity index (χ1n) is 7.77. The van der Waals surface area contributed by atoms with E-state index < -0.39 is 0 Å². The molecule has 0 aromatic carbocycles. The van der Waals surface area contributed by atoms with E-state index in [1.807, 2.05) is 0 Å². The number of hydrogen-bond acceptors (Lipinski definition) is 2. The molecule has 0 saturated heterocycles. The molecule has 0 aliphatic heterocycles. The molecule has 3 nitrogen and oxygen atoms in total. The summed E-state index contributed by atoms with van der Waals surface area (Å²) >= 11 is 3.70. The second-order valence-electron chi connectivity index (χ2n) is 7.22. The summed E-state index contributed by atoms with van der Waals surface area (Å²) < 4.78 is 3.25. The molecule has 0 amide bonds. The highest BCUT2D eigenvalue weighted by molar-refractivity contribution is 9.10. The van der Waals surface area contributed by atoms with Gasteiger partial charge in [0.05, 0.1) is 15.9 Å². The molecule has 0 bridgehead atoms. The largest absolute Gasteiger partial charge is 0.325 e. The van der Waals surface area contributed by atoms with Crippen LogP contribution in [0.15, 0.2) is 4.47 Å². The number of aromatic nitrogens is 2. The summed E-state index contributed by atoms with van der Waals surface area (Å²) in [5, 5.41) is 4.59. The standard InChI is InChI=1S/C16H28BrN3/c1-5-20-13(14(17)12(2)19-20)11-16(18)8-6-7-15(3,4)9-10-16/h5-11,18H2,1-4H3. The van der Waals surface area contributed by atoms with Crippen LogP contribution in [0.3, 0.4) is 0 Å². The third-order valence-electron chi connectivity index (χ3n) is 4.80. The van der Waals surface area contributed by atoms with E-state index in [9.17, 15) is 0 Å². The number of nitrogens with zero attached hydrogens (tertiary/aromatic N) is 2. The Morgan fingerprint density at radius 1 is 1.25 bits per heavy atom. The van der Waals surface area contributed by atoms with E-state index in [0.717, 1.165) is 36.0 Å². The molecule has 0 spiro atoms. The van der Waals surface area contributed by atoms with Gasteiger partial charge in [0.25, 0.3) is 0 Å². The van der Waals surface area contributed by atoms with E-state index in [0.29, 0.717) is 5.41 Å². The zero-order chi connectivity index (χ0) is 15.0. The second-order valence-corrected chi connectivity index (χ2v) is 8.01. The van der Waals surface area contributed by atoms with Gasteiger partial charge >= 0.3 is 0 Å². The maximum absolute atomic E-state index is 6.75. The lowest BCUT2D eigenvalue weighted by Crippen LogP contribution is -2.42. The van der Waals surface area contributed by atoms with Crippen LogP contribution >= 0.6 is 15.9 Å². The highest BCUT2D eigenvalue weighted by Crippen LogP contribution is 2.39. The van der Waals surface area contributed by atoms with Crippen LogP contribution in [0.2, 0.25) is 0 Å². The van der Waals surface area contributed by atoms with Gasteiger partial charge in [-0.25, -0.2) is 0 Å². The molecule has 1 atom stereocenters. The monoisotopic (exact) mass is 341 g/mol. The molecule has 114 valence electrons. The number of rotatable bonds is 3. The van der Waals surface area contributed by atoms with Gasteiger partial charge in [-0.15, -0.1) is 0 Å². The first kappa shape index (κ1) is 16.0. The Kier molecular flexibility index (Phi) is 4.65. The van der Waals surface area contributed by atoms with Crippen LogP contribution in [-0.4, -0.2) is 15.3 Å². The number of aryl methyl sites for hydroxylation is 2. The predicted octanol–water partition coefficient (Wildman–Crippen LogP) is 4.20. The van der Waals surface area contributed by atoms with Gasteiger partial charge in [0.1, 0.15) is 0 Å². The van der Waals surface area contributed by atoms with E-state index in [2.05, 4.69) is 53.4 Å². The molecule has 1 aromatic heterocycles. The molecule has 1 aliphatic rings. The lowest BCUT2D eigenvalue weighted by molar-refractivity contribution is 0.295. The van der Waals surface area contributed by atoms with Crippen LogP contribution < -0.4 is 5.73 Å². The summed E-state index contributed by atoms with van der Waals surface area (Å²) in [6.07, 6.45) is 6.91. The summed E-state index contributed by atoms with van der Waals surface area (Å²) in [5.74, 6) is 0. The van der Waals surface area contributed by atoms with Gasteiger partial charge < -0.3 is 5.73 Å². The molecule has 1 fully saturated rings. The minimum absolute atomic E-state index is 0.0737. The first-order valence-corrected chi connectivity index (χ1v) is 8.56. The molecule has 1 aliphatic carbocycles. The van der Waals surface area contributed by atoms with Crippen molar-refractivity contribution in [3.8, 4) is 0 Å². The van der Waals surface area contributed by atoms with E-state index in [-0.39, 0.29) is 5.54 Å². The van der Waals surface area contributed by atoms with Gasteiger partial charge in [-0.2, -0.15) is 5.10 Å². The van der Waals surface area contributed by atoms with Crippen molar-refractivity contribution < 1.29 is 0 Å². The first-order chi connectivity index (χ1) is 9.26. The zero-order valence-corrected chi connectivity index (χ0v) is 14.9. The molecule has 1 heterocycles. The van der Waals surface area contributed by atoms with Crippen molar-refractivity contribution >= 4 is 15.9 Å². The average Bonchev–Trinajstić information content (AvgIpc) is 2.55. The van der Waals surface area contributed by atoms with E-state index >= 15 is 0 Å². The molecule has 4 heteroatoms. The fourth-order valence-electron chi connectivity index (χ4n) is 3.30. The van der Waals surface area contributed by atoms with E-state index in [4.69, 9.17) is 5.73 Å².